The molecule has 1 amide bonds. The van der Waals surface area contributed by atoms with Gasteiger partial charge in [0, 0.05) is 5.54 Å². The first-order chi connectivity index (χ1) is 8.59. The number of hydrogen-bond donors (Lipinski definition) is 2. The first kappa shape index (κ1) is 15.1. The fourth-order valence-electron chi connectivity index (χ4n) is 1.26. The summed E-state index contributed by atoms with van der Waals surface area (Å²) < 4.78 is 13.7. The van der Waals surface area contributed by atoms with Gasteiger partial charge in [-0.1, -0.05) is 0 Å². The summed E-state index contributed by atoms with van der Waals surface area (Å²) in [5.41, 5.74) is 4.58. The highest BCUT2D eigenvalue weighted by atomic mass is 19.1. The van der Waals surface area contributed by atoms with Gasteiger partial charge in [0.15, 0.2) is 0 Å². The van der Waals surface area contributed by atoms with Gasteiger partial charge < -0.3 is 11.1 Å². The quantitative estimate of drug-likeness (QED) is 0.878. The highest BCUT2D eigenvalue weighted by molar-refractivity contribution is 5.95. The van der Waals surface area contributed by atoms with Crippen molar-refractivity contribution in [3.63, 3.8) is 0 Å². The molecule has 0 bridgehead atoms. The number of carbonyl (C=O) groups is 1. The summed E-state index contributed by atoms with van der Waals surface area (Å²) in [6, 6.07) is 5.72. The molecule has 0 radical (unpaired) electrons. The van der Waals surface area contributed by atoms with Crippen molar-refractivity contribution in [3.05, 3.63) is 29.6 Å². The van der Waals surface area contributed by atoms with Crippen LogP contribution in [0.15, 0.2) is 18.2 Å². The van der Waals surface area contributed by atoms with Gasteiger partial charge >= 0.3 is 0 Å². The molecule has 0 saturated carbocycles. The lowest BCUT2D eigenvalue weighted by Gasteiger charge is -2.36. The highest BCUT2D eigenvalue weighted by Crippen LogP contribution is 2.30. The average Bonchev–Trinajstić information content (AvgIpc) is 2.30. The van der Waals surface area contributed by atoms with Gasteiger partial charge in [-0.05, 0) is 45.9 Å². The van der Waals surface area contributed by atoms with E-state index in [0.29, 0.717) is 0 Å². The standard InChI is InChI=1S/C14H18FN3O/c1-13(2,14(3,4)17)12(19)18-11-6-5-9(8-16)7-10(11)15/h5-7H,17H2,1-4H3,(H,18,19). The molecule has 0 unspecified atom stereocenters. The van der Waals surface area contributed by atoms with Crippen LogP contribution >= 0.6 is 0 Å². The van der Waals surface area contributed by atoms with Crippen molar-refractivity contribution < 1.29 is 9.18 Å². The van der Waals surface area contributed by atoms with E-state index in [4.69, 9.17) is 11.0 Å². The minimum atomic E-state index is -0.868. The minimum Gasteiger partial charge on any atom is -0.325 e. The van der Waals surface area contributed by atoms with Crippen molar-refractivity contribution in [2.45, 2.75) is 33.2 Å². The van der Waals surface area contributed by atoms with Crippen LogP contribution in [0.25, 0.3) is 0 Å². The smallest absolute Gasteiger partial charge is 0.231 e. The van der Waals surface area contributed by atoms with Crippen molar-refractivity contribution in [1.29, 1.82) is 5.26 Å². The van der Waals surface area contributed by atoms with E-state index in [-0.39, 0.29) is 17.2 Å². The first-order valence-corrected chi connectivity index (χ1v) is 5.89. The summed E-state index contributed by atoms with van der Waals surface area (Å²) in [5.74, 6) is -1.01. The molecule has 1 rings (SSSR count). The van der Waals surface area contributed by atoms with Crippen molar-refractivity contribution in [1.82, 2.24) is 0 Å². The number of nitriles is 1. The Hall–Kier alpha value is -1.93. The van der Waals surface area contributed by atoms with E-state index in [1.807, 2.05) is 6.07 Å². The van der Waals surface area contributed by atoms with Crippen LogP contribution in [-0.4, -0.2) is 11.4 Å². The number of rotatable bonds is 3. The van der Waals surface area contributed by atoms with Gasteiger partial charge in [-0.15, -0.1) is 0 Å². The van der Waals surface area contributed by atoms with E-state index in [1.54, 1.807) is 27.7 Å². The average molecular weight is 263 g/mol. The summed E-state index contributed by atoms with van der Waals surface area (Å²) >= 11 is 0. The van der Waals surface area contributed by atoms with Crippen LogP contribution < -0.4 is 11.1 Å². The molecular formula is C14H18FN3O. The number of nitrogens with two attached hydrogens (primary N) is 1. The molecule has 0 heterocycles. The molecule has 4 nitrogen and oxygen atoms in total. The zero-order valence-electron chi connectivity index (χ0n) is 11.5. The number of carbonyl (C=O) groups excluding carboxylic acids is 1. The van der Waals surface area contributed by atoms with Gasteiger partial charge in [0.25, 0.3) is 0 Å². The van der Waals surface area contributed by atoms with Crippen molar-refractivity contribution >= 4 is 11.6 Å². The van der Waals surface area contributed by atoms with Crippen LogP contribution in [0, 0.1) is 22.6 Å². The molecule has 3 N–H and O–H groups in total. The van der Waals surface area contributed by atoms with Gasteiger partial charge in [0.1, 0.15) is 5.82 Å². The Labute approximate surface area is 112 Å². The second kappa shape index (κ2) is 4.98. The van der Waals surface area contributed by atoms with Crippen LogP contribution in [0.1, 0.15) is 33.3 Å². The Morgan fingerprint density at radius 2 is 1.95 bits per heavy atom. The van der Waals surface area contributed by atoms with Gasteiger partial charge in [-0.2, -0.15) is 5.26 Å². The monoisotopic (exact) mass is 263 g/mol. The molecule has 0 spiro atoms. The SMILES string of the molecule is CC(C)(N)C(C)(C)C(=O)Nc1ccc(C#N)cc1F. The van der Waals surface area contributed by atoms with Gasteiger partial charge in [-0.25, -0.2) is 4.39 Å². The summed E-state index contributed by atoms with van der Waals surface area (Å²) in [4.78, 5) is 12.2. The topological polar surface area (TPSA) is 78.9 Å². The maximum atomic E-state index is 13.7. The summed E-state index contributed by atoms with van der Waals surface area (Å²) in [7, 11) is 0. The Kier molecular flexibility index (Phi) is 3.97. The van der Waals surface area contributed by atoms with Crippen molar-refractivity contribution in [2.24, 2.45) is 11.1 Å². The van der Waals surface area contributed by atoms with Gasteiger partial charge in [0.05, 0.1) is 22.7 Å². The Bertz CT molecular complexity index is 539. The summed E-state index contributed by atoms with van der Waals surface area (Å²) in [6.07, 6.45) is 0. The molecular weight excluding hydrogens is 245 g/mol. The van der Waals surface area contributed by atoms with Crippen LogP contribution in [0.3, 0.4) is 0 Å². The lowest BCUT2D eigenvalue weighted by molar-refractivity contribution is -0.126. The van der Waals surface area contributed by atoms with Crippen molar-refractivity contribution in [2.75, 3.05) is 5.32 Å². The fourth-order valence-corrected chi connectivity index (χ4v) is 1.26. The number of halogens is 1. The molecule has 0 aliphatic carbocycles. The molecule has 0 aliphatic heterocycles. The lowest BCUT2D eigenvalue weighted by Crippen LogP contribution is -2.53. The van der Waals surface area contributed by atoms with E-state index in [0.717, 1.165) is 6.07 Å². The molecule has 0 saturated heterocycles. The zero-order valence-corrected chi connectivity index (χ0v) is 11.5. The second-order valence-corrected chi connectivity index (χ2v) is 5.61. The van der Waals surface area contributed by atoms with E-state index >= 15 is 0 Å². The number of nitrogens with zero attached hydrogens (tertiary/aromatic N) is 1. The number of amides is 1. The Balaban J connectivity index is 2.99. The molecule has 1 aromatic carbocycles. The molecule has 0 aromatic heterocycles. The zero-order chi connectivity index (χ0) is 14.8. The van der Waals surface area contributed by atoms with E-state index in [9.17, 15) is 9.18 Å². The number of hydrogen-bond acceptors (Lipinski definition) is 3. The second-order valence-electron chi connectivity index (χ2n) is 5.61. The van der Waals surface area contributed by atoms with E-state index in [1.165, 1.54) is 12.1 Å². The van der Waals surface area contributed by atoms with Crippen LogP contribution in [-0.2, 0) is 4.79 Å². The third-order valence-corrected chi connectivity index (χ3v) is 3.52. The third-order valence-electron chi connectivity index (χ3n) is 3.52. The predicted molar refractivity (Wildman–Crippen MR) is 71.8 cm³/mol. The maximum absolute atomic E-state index is 13.7. The number of anilines is 1. The third kappa shape index (κ3) is 3.09. The van der Waals surface area contributed by atoms with Crippen LogP contribution in [0.5, 0.6) is 0 Å². The minimum absolute atomic E-state index is 0.0429. The number of nitrogens with one attached hydrogen (secondary N) is 1. The first-order valence-electron chi connectivity index (χ1n) is 5.89. The van der Waals surface area contributed by atoms with Crippen molar-refractivity contribution in [3.8, 4) is 6.07 Å². The van der Waals surface area contributed by atoms with Crippen LogP contribution in [0.4, 0.5) is 10.1 Å². The highest BCUT2D eigenvalue weighted by Gasteiger charge is 2.40. The fraction of sp³-hybridized carbons (Fsp3) is 0.429. The predicted octanol–water partition coefficient (Wildman–Crippen LogP) is 2.40. The van der Waals surface area contributed by atoms with Crippen LogP contribution in [0.2, 0.25) is 0 Å². The molecule has 102 valence electrons. The molecule has 0 aliphatic rings. The summed E-state index contributed by atoms with van der Waals surface area (Å²) in [6.45, 7) is 6.87. The molecule has 0 atom stereocenters. The van der Waals surface area contributed by atoms with E-state index in [2.05, 4.69) is 5.32 Å². The molecule has 5 heteroatoms. The molecule has 19 heavy (non-hydrogen) atoms. The molecule has 1 aromatic rings. The number of benzene rings is 1. The lowest BCUT2D eigenvalue weighted by atomic mass is 9.74. The normalized spacial score (nSPS) is 11.8. The largest absolute Gasteiger partial charge is 0.325 e. The maximum Gasteiger partial charge on any atom is 0.231 e. The Morgan fingerprint density at radius 1 is 1.37 bits per heavy atom. The molecule has 0 fully saturated rings. The summed E-state index contributed by atoms with van der Waals surface area (Å²) in [5, 5.41) is 11.2. The van der Waals surface area contributed by atoms with Gasteiger partial charge in [0.2, 0.25) is 5.91 Å². The van der Waals surface area contributed by atoms with Gasteiger partial charge in [-0.3, -0.25) is 4.79 Å². The van der Waals surface area contributed by atoms with E-state index < -0.39 is 16.8 Å². The Morgan fingerprint density at radius 3 is 2.37 bits per heavy atom.